The van der Waals surface area contributed by atoms with Crippen molar-refractivity contribution >= 4 is 39.3 Å². The molecule has 1 saturated heterocycles. The summed E-state index contributed by atoms with van der Waals surface area (Å²) in [5, 5.41) is 19.8. The molecule has 168 valence electrons. The van der Waals surface area contributed by atoms with Gasteiger partial charge < -0.3 is 19.8 Å². The van der Waals surface area contributed by atoms with E-state index in [1.54, 1.807) is 55.6 Å². The summed E-state index contributed by atoms with van der Waals surface area (Å²) in [6.07, 6.45) is 1.71. The third-order valence-corrected chi connectivity index (χ3v) is 5.91. The van der Waals surface area contributed by atoms with Crippen LogP contribution in [0.1, 0.15) is 42.9 Å². The van der Waals surface area contributed by atoms with E-state index in [1.165, 1.54) is 4.90 Å². The maximum Gasteiger partial charge on any atom is 0.303 e. The monoisotopic (exact) mass is 501 g/mol. The van der Waals surface area contributed by atoms with E-state index in [9.17, 15) is 19.5 Å². The molecule has 1 heterocycles. The molecule has 0 unspecified atom stereocenters. The maximum absolute atomic E-state index is 13.0. The van der Waals surface area contributed by atoms with Gasteiger partial charge in [-0.2, -0.15) is 0 Å². The summed E-state index contributed by atoms with van der Waals surface area (Å²) in [6, 6.07) is 13.1. The van der Waals surface area contributed by atoms with Crippen LogP contribution in [-0.4, -0.2) is 46.4 Å². The molecule has 0 saturated carbocycles. The zero-order valence-corrected chi connectivity index (χ0v) is 19.2. The summed E-state index contributed by atoms with van der Waals surface area (Å²) in [7, 11) is 1.55. The van der Waals surface area contributed by atoms with Crippen molar-refractivity contribution in [2.45, 2.75) is 31.7 Å². The summed E-state index contributed by atoms with van der Waals surface area (Å²) in [4.78, 5) is 38.0. The molecule has 1 atom stereocenters. The number of aliphatic hydroxyl groups is 1. The van der Waals surface area contributed by atoms with E-state index >= 15 is 0 Å². The first-order chi connectivity index (χ1) is 15.3. The standard InChI is InChI=1S/C24H24BrNO6/c1-32-18-12-8-15(9-13-18)21-20(22(29)16-6-10-17(25)11-7-16)23(30)24(31)26(21)14-4-2-3-5-19(27)28/h6-13,21,29H,2-5,14H2,1H3,(H,27,28)/b22-20+/t21-/m0/s1. The summed E-state index contributed by atoms with van der Waals surface area (Å²) < 4.78 is 6.03. The fourth-order valence-electron chi connectivity index (χ4n) is 3.74. The van der Waals surface area contributed by atoms with E-state index in [2.05, 4.69) is 15.9 Å². The van der Waals surface area contributed by atoms with E-state index in [1.807, 2.05) is 0 Å². The molecule has 2 aromatic rings. The van der Waals surface area contributed by atoms with Gasteiger partial charge in [-0.25, -0.2) is 0 Å². The number of ketones is 1. The lowest BCUT2D eigenvalue weighted by Crippen LogP contribution is -2.30. The fraction of sp³-hybridized carbons (Fsp3) is 0.292. The Morgan fingerprint density at radius 3 is 2.25 bits per heavy atom. The average molecular weight is 502 g/mol. The minimum atomic E-state index is -0.863. The summed E-state index contributed by atoms with van der Waals surface area (Å²) >= 11 is 3.35. The third kappa shape index (κ3) is 5.19. The lowest BCUT2D eigenvalue weighted by Gasteiger charge is -2.25. The summed E-state index contributed by atoms with van der Waals surface area (Å²) in [5.41, 5.74) is 1.15. The van der Waals surface area contributed by atoms with Crippen LogP contribution in [0.15, 0.2) is 58.6 Å². The molecule has 1 aliphatic heterocycles. The second-order valence-corrected chi connectivity index (χ2v) is 8.39. The van der Waals surface area contributed by atoms with Gasteiger partial charge in [0.25, 0.3) is 11.7 Å². The van der Waals surface area contributed by atoms with Crippen LogP contribution in [-0.2, 0) is 14.4 Å². The van der Waals surface area contributed by atoms with Crippen LogP contribution in [0.2, 0.25) is 0 Å². The van der Waals surface area contributed by atoms with Gasteiger partial charge in [-0.15, -0.1) is 0 Å². The number of nitrogens with zero attached hydrogens (tertiary/aromatic N) is 1. The lowest BCUT2D eigenvalue weighted by atomic mass is 9.95. The van der Waals surface area contributed by atoms with Crippen LogP contribution in [0.4, 0.5) is 0 Å². The number of benzene rings is 2. The van der Waals surface area contributed by atoms with Crippen LogP contribution < -0.4 is 4.74 Å². The quantitative estimate of drug-likeness (QED) is 0.226. The highest BCUT2D eigenvalue weighted by molar-refractivity contribution is 9.10. The Kier molecular flexibility index (Phi) is 7.69. The van der Waals surface area contributed by atoms with E-state index in [0.717, 1.165) is 4.47 Å². The number of rotatable bonds is 9. The van der Waals surface area contributed by atoms with Crippen molar-refractivity contribution in [2.24, 2.45) is 0 Å². The topological polar surface area (TPSA) is 104 Å². The molecule has 1 aliphatic rings. The Balaban J connectivity index is 1.97. The number of halogens is 1. The molecule has 2 aromatic carbocycles. The van der Waals surface area contributed by atoms with Crippen LogP contribution in [0.5, 0.6) is 5.75 Å². The molecule has 32 heavy (non-hydrogen) atoms. The van der Waals surface area contributed by atoms with Crippen LogP contribution >= 0.6 is 15.9 Å². The number of unbranched alkanes of at least 4 members (excludes halogenated alkanes) is 2. The van der Waals surface area contributed by atoms with E-state index in [-0.39, 0.29) is 24.3 Å². The molecule has 8 heteroatoms. The summed E-state index contributed by atoms with van der Waals surface area (Å²) in [6.45, 7) is 0.276. The average Bonchev–Trinajstić information content (AvgIpc) is 3.03. The van der Waals surface area contributed by atoms with Crippen molar-refractivity contribution in [2.75, 3.05) is 13.7 Å². The second-order valence-electron chi connectivity index (χ2n) is 7.48. The van der Waals surface area contributed by atoms with Crippen LogP contribution in [0, 0.1) is 0 Å². The number of carbonyl (C=O) groups is 3. The van der Waals surface area contributed by atoms with Crippen LogP contribution in [0.25, 0.3) is 5.76 Å². The number of ether oxygens (including phenoxy) is 1. The normalized spacial score (nSPS) is 17.6. The first kappa shape index (κ1) is 23.5. The molecule has 1 amide bonds. The van der Waals surface area contributed by atoms with Gasteiger partial charge in [-0.1, -0.05) is 46.6 Å². The van der Waals surface area contributed by atoms with Gasteiger partial charge in [0.1, 0.15) is 11.5 Å². The fourth-order valence-corrected chi connectivity index (χ4v) is 4.01. The molecule has 0 spiro atoms. The maximum atomic E-state index is 13.0. The number of likely N-dealkylation sites (tertiary alicyclic amines) is 1. The Morgan fingerprint density at radius 1 is 1.00 bits per heavy atom. The molecule has 2 N–H and O–H groups in total. The molecular weight excluding hydrogens is 478 g/mol. The number of hydrogen-bond donors (Lipinski definition) is 2. The largest absolute Gasteiger partial charge is 0.507 e. The number of hydrogen-bond acceptors (Lipinski definition) is 5. The minimum absolute atomic E-state index is 0.0352. The van der Waals surface area contributed by atoms with E-state index < -0.39 is 23.7 Å². The van der Waals surface area contributed by atoms with Gasteiger partial charge in [-0.05, 0) is 42.7 Å². The van der Waals surface area contributed by atoms with E-state index in [4.69, 9.17) is 9.84 Å². The van der Waals surface area contributed by atoms with Gasteiger partial charge in [0.2, 0.25) is 0 Å². The predicted octanol–water partition coefficient (Wildman–Crippen LogP) is 4.52. The van der Waals surface area contributed by atoms with Crippen molar-refractivity contribution in [1.29, 1.82) is 0 Å². The zero-order valence-electron chi connectivity index (χ0n) is 17.6. The second kappa shape index (κ2) is 10.5. The Morgan fingerprint density at radius 2 is 1.66 bits per heavy atom. The third-order valence-electron chi connectivity index (χ3n) is 5.38. The number of carboxylic acids is 1. The van der Waals surface area contributed by atoms with Gasteiger partial charge in [0.15, 0.2) is 0 Å². The number of Topliss-reactive ketones (excluding diaryl/α,β-unsaturated/α-hetero) is 1. The Bertz CT molecular complexity index is 1030. The van der Waals surface area contributed by atoms with Crippen LogP contribution in [0.3, 0.4) is 0 Å². The van der Waals surface area contributed by atoms with Gasteiger partial charge in [-0.3, -0.25) is 14.4 Å². The number of aliphatic carboxylic acids is 1. The van der Waals surface area contributed by atoms with Gasteiger partial charge in [0.05, 0.1) is 18.7 Å². The molecule has 0 radical (unpaired) electrons. The number of carboxylic acid groups (broad SMARTS) is 1. The highest BCUT2D eigenvalue weighted by Crippen LogP contribution is 2.40. The van der Waals surface area contributed by atoms with Crippen molar-refractivity contribution in [3.05, 3.63) is 69.7 Å². The molecule has 0 aromatic heterocycles. The van der Waals surface area contributed by atoms with Crippen molar-refractivity contribution in [1.82, 2.24) is 4.90 Å². The zero-order chi connectivity index (χ0) is 23.3. The van der Waals surface area contributed by atoms with Gasteiger partial charge in [0, 0.05) is 23.0 Å². The molecule has 0 bridgehead atoms. The first-order valence-electron chi connectivity index (χ1n) is 10.2. The SMILES string of the molecule is COc1ccc([C@H]2/C(=C(\O)c3ccc(Br)cc3)C(=O)C(=O)N2CCCCCC(=O)O)cc1. The highest BCUT2D eigenvalue weighted by atomic mass is 79.9. The van der Waals surface area contributed by atoms with Gasteiger partial charge >= 0.3 is 5.97 Å². The summed E-state index contributed by atoms with van der Waals surface area (Å²) in [5.74, 6) is -1.88. The van der Waals surface area contributed by atoms with Crippen molar-refractivity contribution < 1.29 is 29.3 Å². The smallest absolute Gasteiger partial charge is 0.303 e. The number of amides is 1. The molecule has 3 rings (SSSR count). The number of aliphatic hydroxyl groups excluding tert-OH is 1. The molecule has 1 fully saturated rings. The number of methoxy groups -OCH3 is 1. The Hall–Kier alpha value is -3.13. The molecule has 7 nitrogen and oxygen atoms in total. The predicted molar refractivity (Wildman–Crippen MR) is 122 cm³/mol. The van der Waals surface area contributed by atoms with Crippen molar-refractivity contribution in [3.8, 4) is 5.75 Å². The first-order valence-corrected chi connectivity index (χ1v) is 11.0. The Labute approximate surface area is 194 Å². The van der Waals surface area contributed by atoms with Crippen molar-refractivity contribution in [3.63, 3.8) is 0 Å². The highest BCUT2D eigenvalue weighted by Gasteiger charge is 2.45. The molecular formula is C24H24BrNO6. The van der Waals surface area contributed by atoms with E-state index in [0.29, 0.717) is 36.1 Å². The lowest BCUT2D eigenvalue weighted by molar-refractivity contribution is -0.140. The molecule has 0 aliphatic carbocycles. The number of carbonyl (C=O) groups excluding carboxylic acids is 2. The minimum Gasteiger partial charge on any atom is -0.507 e.